The third-order valence-electron chi connectivity index (χ3n) is 4.20. The fourth-order valence-electron chi connectivity index (χ4n) is 2.53. The van der Waals surface area contributed by atoms with Crippen molar-refractivity contribution >= 4 is 35.8 Å². The number of nitrogens with zero attached hydrogens (tertiary/aromatic N) is 3. The number of piperazine rings is 1. The molecule has 6 nitrogen and oxygen atoms in total. The van der Waals surface area contributed by atoms with Gasteiger partial charge in [0.15, 0.2) is 5.96 Å². The van der Waals surface area contributed by atoms with E-state index in [1.54, 1.807) is 7.05 Å². The summed E-state index contributed by atoms with van der Waals surface area (Å²) in [7, 11) is 1.60. The standard InChI is InChI=1S/C14H24F3N5O.HI/c1-10(14(15,16)17)21-5-7-22(8-6-21)13(18-2)19-9-12(23)20-11-3-4-11;/h10-11H,3-9H2,1-2H3,(H,18,19)(H,20,23);1H. The summed E-state index contributed by atoms with van der Waals surface area (Å²) in [4.78, 5) is 19.1. The van der Waals surface area contributed by atoms with Crippen molar-refractivity contribution < 1.29 is 18.0 Å². The van der Waals surface area contributed by atoms with E-state index in [9.17, 15) is 18.0 Å². The predicted octanol–water partition coefficient (Wildman–Crippen LogP) is 1.03. The first-order chi connectivity index (χ1) is 10.8. The lowest BCUT2D eigenvalue weighted by molar-refractivity contribution is -0.181. The van der Waals surface area contributed by atoms with Gasteiger partial charge >= 0.3 is 6.18 Å². The van der Waals surface area contributed by atoms with Gasteiger partial charge in [-0.1, -0.05) is 0 Å². The van der Waals surface area contributed by atoms with Gasteiger partial charge < -0.3 is 15.5 Å². The zero-order valence-corrected chi connectivity index (χ0v) is 16.2. The van der Waals surface area contributed by atoms with Gasteiger partial charge in [-0.25, -0.2) is 0 Å². The molecule has 1 aliphatic heterocycles. The van der Waals surface area contributed by atoms with Crippen LogP contribution in [0.4, 0.5) is 13.2 Å². The third kappa shape index (κ3) is 6.26. The Kier molecular flexibility index (Phi) is 8.03. The van der Waals surface area contributed by atoms with E-state index in [2.05, 4.69) is 15.6 Å². The quantitative estimate of drug-likeness (QED) is 0.372. The molecule has 2 aliphatic rings. The Labute approximate surface area is 157 Å². The van der Waals surface area contributed by atoms with Crippen LogP contribution in [0.5, 0.6) is 0 Å². The molecule has 140 valence electrons. The van der Waals surface area contributed by atoms with Crippen LogP contribution in [0, 0.1) is 0 Å². The first kappa shape index (κ1) is 21.3. The molecule has 1 unspecified atom stereocenters. The van der Waals surface area contributed by atoms with E-state index >= 15 is 0 Å². The Morgan fingerprint density at radius 3 is 2.29 bits per heavy atom. The summed E-state index contributed by atoms with van der Waals surface area (Å²) in [5.41, 5.74) is 0. The number of rotatable bonds is 4. The molecule has 1 saturated heterocycles. The minimum Gasteiger partial charge on any atom is -0.352 e. The van der Waals surface area contributed by atoms with E-state index in [0.29, 0.717) is 38.2 Å². The molecular formula is C14H25F3IN5O. The maximum absolute atomic E-state index is 12.7. The predicted molar refractivity (Wildman–Crippen MR) is 96.6 cm³/mol. The van der Waals surface area contributed by atoms with Crippen molar-refractivity contribution in [2.75, 3.05) is 39.8 Å². The van der Waals surface area contributed by atoms with E-state index < -0.39 is 12.2 Å². The summed E-state index contributed by atoms with van der Waals surface area (Å²) in [6.07, 6.45) is -2.15. The summed E-state index contributed by atoms with van der Waals surface area (Å²) in [5.74, 6) is 0.466. The highest BCUT2D eigenvalue weighted by Gasteiger charge is 2.41. The van der Waals surface area contributed by atoms with Crippen molar-refractivity contribution in [1.29, 1.82) is 0 Å². The van der Waals surface area contributed by atoms with Crippen LogP contribution in [0.15, 0.2) is 4.99 Å². The molecule has 10 heteroatoms. The fourth-order valence-corrected chi connectivity index (χ4v) is 2.53. The van der Waals surface area contributed by atoms with Gasteiger partial charge in [0.25, 0.3) is 0 Å². The highest BCUT2D eigenvalue weighted by atomic mass is 127. The minimum atomic E-state index is -4.21. The number of halogens is 4. The van der Waals surface area contributed by atoms with E-state index in [4.69, 9.17) is 0 Å². The van der Waals surface area contributed by atoms with Gasteiger partial charge in [-0.05, 0) is 19.8 Å². The zero-order chi connectivity index (χ0) is 17.0. The van der Waals surface area contributed by atoms with Crippen molar-refractivity contribution in [3.63, 3.8) is 0 Å². The number of hydrogen-bond donors (Lipinski definition) is 2. The fraction of sp³-hybridized carbons (Fsp3) is 0.857. The van der Waals surface area contributed by atoms with Gasteiger partial charge in [-0.2, -0.15) is 13.2 Å². The SMILES string of the molecule is CN=C(NCC(=O)NC1CC1)N1CCN(C(C)C(F)(F)F)CC1.I. The highest BCUT2D eigenvalue weighted by Crippen LogP contribution is 2.25. The minimum absolute atomic E-state index is 0. The van der Waals surface area contributed by atoms with E-state index in [1.165, 1.54) is 11.8 Å². The number of amides is 1. The van der Waals surface area contributed by atoms with Gasteiger partial charge in [-0.15, -0.1) is 24.0 Å². The Bertz CT molecular complexity index is 448. The van der Waals surface area contributed by atoms with Crippen LogP contribution >= 0.6 is 24.0 Å². The lowest BCUT2D eigenvalue weighted by atomic mass is 10.2. The lowest BCUT2D eigenvalue weighted by Gasteiger charge is -2.39. The van der Waals surface area contributed by atoms with Gasteiger partial charge in [-0.3, -0.25) is 14.7 Å². The van der Waals surface area contributed by atoms with Crippen LogP contribution in [0.3, 0.4) is 0 Å². The lowest BCUT2D eigenvalue weighted by Crippen LogP contribution is -2.57. The summed E-state index contributed by atoms with van der Waals surface area (Å²) < 4.78 is 38.2. The summed E-state index contributed by atoms with van der Waals surface area (Å²) >= 11 is 0. The van der Waals surface area contributed by atoms with Crippen molar-refractivity contribution in [1.82, 2.24) is 20.4 Å². The van der Waals surface area contributed by atoms with Crippen LogP contribution in [0.2, 0.25) is 0 Å². The van der Waals surface area contributed by atoms with Crippen molar-refractivity contribution in [2.45, 2.75) is 38.0 Å². The normalized spacial score (nSPS) is 21.0. The summed E-state index contributed by atoms with van der Waals surface area (Å²) in [5, 5.41) is 5.84. The molecule has 2 rings (SSSR count). The third-order valence-corrected chi connectivity index (χ3v) is 4.20. The second-order valence-electron chi connectivity index (χ2n) is 5.98. The number of carbonyl (C=O) groups excluding carboxylic acids is 1. The number of nitrogens with one attached hydrogen (secondary N) is 2. The number of alkyl halides is 3. The molecule has 0 bridgehead atoms. The molecule has 24 heavy (non-hydrogen) atoms. The molecule has 0 aromatic rings. The Balaban J connectivity index is 0.00000288. The molecule has 0 radical (unpaired) electrons. The molecule has 0 aromatic carbocycles. The first-order valence-electron chi connectivity index (χ1n) is 7.87. The molecule has 1 heterocycles. The van der Waals surface area contributed by atoms with Gasteiger partial charge in [0, 0.05) is 39.3 Å². The number of hydrogen-bond acceptors (Lipinski definition) is 3. The van der Waals surface area contributed by atoms with Crippen LogP contribution in [-0.2, 0) is 4.79 Å². The largest absolute Gasteiger partial charge is 0.403 e. The second-order valence-corrected chi connectivity index (χ2v) is 5.98. The molecule has 1 amide bonds. The van der Waals surface area contributed by atoms with E-state index in [-0.39, 0.29) is 36.4 Å². The molecule has 0 spiro atoms. The average molecular weight is 463 g/mol. The molecular weight excluding hydrogens is 438 g/mol. The highest BCUT2D eigenvalue weighted by molar-refractivity contribution is 14.0. The number of aliphatic imine (C=N–C) groups is 1. The molecule has 1 saturated carbocycles. The summed E-state index contributed by atoms with van der Waals surface area (Å²) in [6.45, 7) is 2.84. The maximum atomic E-state index is 12.7. The van der Waals surface area contributed by atoms with E-state index in [0.717, 1.165) is 12.8 Å². The van der Waals surface area contributed by atoms with Gasteiger partial charge in [0.1, 0.15) is 6.04 Å². The first-order valence-corrected chi connectivity index (χ1v) is 7.87. The van der Waals surface area contributed by atoms with Crippen LogP contribution < -0.4 is 10.6 Å². The second kappa shape index (κ2) is 9.07. The van der Waals surface area contributed by atoms with Crippen molar-refractivity contribution in [3.8, 4) is 0 Å². The Hall–Kier alpha value is -0.780. The van der Waals surface area contributed by atoms with Gasteiger partial charge in [0.2, 0.25) is 5.91 Å². The van der Waals surface area contributed by atoms with Crippen LogP contribution in [0.1, 0.15) is 19.8 Å². The van der Waals surface area contributed by atoms with Crippen LogP contribution in [-0.4, -0.2) is 79.7 Å². The topological polar surface area (TPSA) is 60.0 Å². The molecule has 2 fully saturated rings. The Morgan fingerprint density at radius 2 is 1.83 bits per heavy atom. The molecule has 1 aliphatic carbocycles. The summed E-state index contributed by atoms with van der Waals surface area (Å²) in [6, 6.07) is -1.14. The van der Waals surface area contributed by atoms with Gasteiger partial charge in [0.05, 0.1) is 6.54 Å². The monoisotopic (exact) mass is 463 g/mol. The van der Waals surface area contributed by atoms with Crippen LogP contribution in [0.25, 0.3) is 0 Å². The van der Waals surface area contributed by atoms with Crippen molar-refractivity contribution in [3.05, 3.63) is 0 Å². The number of guanidine groups is 1. The molecule has 1 atom stereocenters. The molecule has 2 N–H and O–H groups in total. The zero-order valence-electron chi connectivity index (χ0n) is 13.9. The smallest absolute Gasteiger partial charge is 0.352 e. The van der Waals surface area contributed by atoms with Crippen molar-refractivity contribution in [2.24, 2.45) is 4.99 Å². The average Bonchev–Trinajstić information content (AvgIpc) is 3.30. The molecule has 0 aromatic heterocycles. The number of carbonyl (C=O) groups is 1. The van der Waals surface area contributed by atoms with E-state index in [1.807, 2.05) is 4.90 Å². The maximum Gasteiger partial charge on any atom is 0.403 e. The Morgan fingerprint density at radius 1 is 1.25 bits per heavy atom.